The number of nitrogens with one attached hydrogen (secondary N) is 1. The predicted octanol–water partition coefficient (Wildman–Crippen LogP) is 2.74. The van der Waals surface area contributed by atoms with Gasteiger partial charge in [0.15, 0.2) is 0 Å². The number of amides is 1. The van der Waals surface area contributed by atoms with Crippen molar-refractivity contribution in [3.8, 4) is 0 Å². The van der Waals surface area contributed by atoms with Gasteiger partial charge in [-0.05, 0) is 46.8 Å². The van der Waals surface area contributed by atoms with E-state index in [1.807, 2.05) is 30.9 Å². The summed E-state index contributed by atoms with van der Waals surface area (Å²) in [6, 6.07) is 8.20. The Morgan fingerprint density at radius 2 is 1.63 bits per heavy atom. The van der Waals surface area contributed by atoms with Gasteiger partial charge in [-0.25, -0.2) is 0 Å². The molecule has 0 bridgehead atoms. The van der Waals surface area contributed by atoms with Crippen LogP contribution in [-0.2, 0) is 4.79 Å². The minimum atomic E-state index is -0.376. The third kappa shape index (κ3) is 2.66. The van der Waals surface area contributed by atoms with E-state index in [9.17, 15) is 4.79 Å². The summed E-state index contributed by atoms with van der Waals surface area (Å²) in [6.45, 7) is 11.8. The standard InChI is InChI=1S/C16H24N2O/c1-12-6-8-13(9-7-12)18-14(19)15(2,3)10-17-11-16(18,4)5/h6-9,17H,10-11H2,1-5H3. The van der Waals surface area contributed by atoms with Crippen molar-refractivity contribution < 1.29 is 4.79 Å². The molecule has 0 saturated carbocycles. The van der Waals surface area contributed by atoms with Gasteiger partial charge < -0.3 is 10.2 Å². The van der Waals surface area contributed by atoms with Crippen molar-refractivity contribution in [2.24, 2.45) is 5.41 Å². The molecule has 3 nitrogen and oxygen atoms in total. The molecule has 0 unspecified atom stereocenters. The van der Waals surface area contributed by atoms with Crippen molar-refractivity contribution in [2.45, 2.75) is 40.2 Å². The molecule has 104 valence electrons. The van der Waals surface area contributed by atoms with E-state index in [1.165, 1.54) is 5.56 Å². The van der Waals surface area contributed by atoms with Gasteiger partial charge in [-0.2, -0.15) is 0 Å². The van der Waals surface area contributed by atoms with Crippen LogP contribution < -0.4 is 10.2 Å². The van der Waals surface area contributed by atoms with E-state index in [2.05, 4.69) is 38.2 Å². The number of hydrogen-bond acceptors (Lipinski definition) is 2. The van der Waals surface area contributed by atoms with Crippen LogP contribution >= 0.6 is 0 Å². The van der Waals surface area contributed by atoms with E-state index in [0.29, 0.717) is 0 Å². The lowest BCUT2D eigenvalue weighted by atomic mass is 9.90. The van der Waals surface area contributed by atoms with Crippen LogP contribution in [0.5, 0.6) is 0 Å². The molecule has 19 heavy (non-hydrogen) atoms. The third-order valence-electron chi connectivity index (χ3n) is 3.80. The van der Waals surface area contributed by atoms with Crippen LogP contribution in [0.3, 0.4) is 0 Å². The number of carbonyl (C=O) groups is 1. The average molecular weight is 260 g/mol. The number of anilines is 1. The first-order chi connectivity index (χ1) is 8.74. The van der Waals surface area contributed by atoms with Gasteiger partial charge in [-0.1, -0.05) is 17.7 Å². The first-order valence-electron chi connectivity index (χ1n) is 6.86. The summed E-state index contributed by atoms with van der Waals surface area (Å²) >= 11 is 0. The fourth-order valence-corrected chi connectivity index (χ4v) is 2.57. The maximum absolute atomic E-state index is 12.9. The van der Waals surface area contributed by atoms with Crippen molar-refractivity contribution in [2.75, 3.05) is 18.0 Å². The summed E-state index contributed by atoms with van der Waals surface area (Å²) in [5.41, 5.74) is 1.59. The molecule has 0 atom stereocenters. The predicted molar refractivity (Wildman–Crippen MR) is 79.4 cm³/mol. The molecule has 1 heterocycles. The zero-order valence-corrected chi connectivity index (χ0v) is 12.6. The summed E-state index contributed by atoms with van der Waals surface area (Å²) in [4.78, 5) is 14.8. The zero-order valence-electron chi connectivity index (χ0n) is 12.6. The molecule has 0 radical (unpaired) electrons. The summed E-state index contributed by atoms with van der Waals surface area (Å²) in [5.74, 6) is 0.186. The molecule has 1 fully saturated rings. The van der Waals surface area contributed by atoms with E-state index >= 15 is 0 Å². The van der Waals surface area contributed by atoms with Crippen LogP contribution in [0.25, 0.3) is 0 Å². The average Bonchev–Trinajstić information content (AvgIpc) is 2.37. The van der Waals surface area contributed by atoms with Gasteiger partial charge in [0.1, 0.15) is 0 Å². The van der Waals surface area contributed by atoms with Crippen molar-refractivity contribution in [3.63, 3.8) is 0 Å². The Labute approximate surface area is 116 Å². The van der Waals surface area contributed by atoms with Crippen LogP contribution in [0.4, 0.5) is 5.69 Å². The fraction of sp³-hybridized carbons (Fsp3) is 0.562. The van der Waals surface area contributed by atoms with E-state index in [1.54, 1.807) is 0 Å². The smallest absolute Gasteiger partial charge is 0.234 e. The number of carbonyl (C=O) groups excluding carboxylic acids is 1. The number of benzene rings is 1. The highest BCUT2D eigenvalue weighted by Crippen LogP contribution is 2.32. The van der Waals surface area contributed by atoms with E-state index < -0.39 is 0 Å². The SMILES string of the molecule is Cc1ccc(N2C(=O)C(C)(C)CNCC2(C)C)cc1. The fourth-order valence-electron chi connectivity index (χ4n) is 2.57. The van der Waals surface area contributed by atoms with Crippen LogP contribution in [0, 0.1) is 12.3 Å². The second kappa shape index (κ2) is 4.64. The molecule has 0 spiro atoms. The van der Waals surface area contributed by atoms with E-state index in [4.69, 9.17) is 0 Å². The molecule has 2 rings (SSSR count). The number of hydrogen-bond donors (Lipinski definition) is 1. The highest BCUT2D eigenvalue weighted by molar-refractivity contribution is 5.99. The Hall–Kier alpha value is -1.35. The molecule has 1 N–H and O–H groups in total. The molecular formula is C16H24N2O. The van der Waals surface area contributed by atoms with Gasteiger partial charge in [0.2, 0.25) is 5.91 Å². The number of aryl methyl sites for hydroxylation is 1. The lowest BCUT2D eigenvalue weighted by Crippen LogP contribution is -2.53. The molecule has 1 amide bonds. The van der Waals surface area contributed by atoms with E-state index in [-0.39, 0.29) is 16.9 Å². The van der Waals surface area contributed by atoms with Gasteiger partial charge in [0, 0.05) is 18.8 Å². The maximum atomic E-state index is 12.9. The van der Waals surface area contributed by atoms with Crippen LogP contribution in [0.2, 0.25) is 0 Å². The first-order valence-corrected chi connectivity index (χ1v) is 6.86. The molecule has 1 aliphatic rings. The quantitative estimate of drug-likeness (QED) is 0.842. The number of nitrogens with zero attached hydrogens (tertiary/aromatic N) is 1. The highest BCUT2D eigenvalue weighted by Gasteiger charge is 2.42. The summed E-state index contributed by atoms with van der Waals surface area (Å²) < 4.78 is 0. The molecule has 0 aliphatic carbocycles. The Morgan fingerprint density at radius 3 is 2.21 bits per heavy atom. The Morgan fingerprint density at radius 1 is 1.05 bits per heavy atom. The van der Waals surface area contributed by atoms with Crippen LogP contribution in [0.15, 0.2) is 24.3 Å². The largest absolute Gasteiger partial charge is 0.313 e. The third-order valence-corrected chi connectivity index (χ3v) is 3.80. The molecule has 1 aromatic carbocycles. The van der Waals surface area contributed by atoms with Gasteiger partial charge >= 0.3 is 0 Å². The lowest BCUT2D eigenvalue weighted by molar-refractivity contribution is -0.126. The Kier molecular flexibility index (Phi) is 3.43. The molecule has 3 heteroatoms. The summed E-state index contributed by atoms with van der Waals surface area (Å²) in [6.07, 6.45) is 0. The molecule has 1 aliphatic heterocycles. The molecule has 1 aromatic rings. The van der Waals surface area contributed by atoms with Gasteiger partial charge in [0.05, 0.1) is 11.0 Å². The monoisotopic (exact) mass is 260 g/mol. The lowest BCUT2D eigenvalue weighted by Gasteiger charge is -2.39. The highest BCUT2D eigenvalue weighted by atomic mass is 16.2. The maximum Gasteiger partial charge on any atom is 0.234 e. The number of rotatable bonds is 1. The second-order valence-corrected chi connectivity index (χ2v) is 6.78. The molecular weight excluding hydrogens is 236 g/mol. The summed E-state index contributed by atoms with van der Waals surface area (Å²) in [5, 5.41) is 3.41. The van der Waals surface area contributed by atoms with Crippen molar-refractivity contribution in [1.82, 2.24) is 5.32 Å². The summed E-state index contributed by atoms with van der Waals surface area (Å²) in [7, 11) is 0. The zero-order chi connectivity index (χ0) is 14.3. The van der Waals surface area contributed by atoms with Gasteiger partial charge in [-0.15, -0.1) is 0 Å². The second-order valence-electron chi connectivity index (χ2n) is 6.78. The van der Waals surface area contributed by atoms with Crippen molar-refractivity contribution in [1.29, 1.82) is 0 Å². The van der Waals surface area contributed by atoms with Gasteiger partial charge in [-0.3, -0.25) is 4.79 Å². The van der Waals surface area contributed by atoms with Crippen molar-refractivity contribution in [3.05, 3.63) is 29.8 Å². The topological polar surface area (TPSA) is 32.3 Å². The van der Waals surface area contributed by atoms with E-state index in [0.717, 1.165) is 18.8 Å². The van der Waals surface area contributed by atoms with Crippen LogP contribution in [0.1, 0.15) is 33.3 Å². The Bertz CT molecular complexity index is 474. The van der Waals surface area contributed by atoms with Crippen molar-refractivity contribution >= 4 is 11.6 Å². The van der Waals surface area contributed by atoms with Crippen LogP contribution in [-0.4, -0.2) is 24.5 Å². The molecule has 0 aromatic heterocycles. The Balaban J connectivity index is 2.47. The van der Waals surface area contributed by atoms with Gasteiger partial charge in [0.25, 0.3) is 0 Å². The minimum Gasteiger partial charge on any atom is -0.313 e. The molecule has 1 saturated heterocycles. The first kappa shape index (κ1) is 14.1. The minimum absolute atomic E-state index is 0.186. The normalized spacial score (nSPS) is 22.2.